The highest BCUT2D eigenvalue weighted by Crippen LogP contribution is 2.22. The summed E-state index contributed by atoms with van der Waals surface area (Å²) in [5, 5.41) is 14.6. The summed E-state index contributed by atoms with van der Waals surface area (Å²) in [6.07, 6.45) is 0. The molecule has 0 aliphatic rings. The molecule has 1 N–H and O–H groups in total. The molecular formula is C10H11BrN2O. The van der Waals surface area contributed by atoms with Crippen LogP contribution in [0, 0.1) is 0 Å². The molecule has 74 valence electrons. The highest BCUT2D eigenvalue weighted by Gasteiger charge is 2.08. The molecule has 0 atom stereocenters. The van der Waals surface area contributed by atoms with Crippen LogP contribution < -0.4 is 0 Å². The van der Waals surface area contributed by atoms with Crippen molar-refractivity contribution in [3.63, 3.8) is 0 Å². The lowest BCUT2D eigenvalue weighted by atomic mass is 10.2. The molecule has 3 nitrogen and oxygen atoms in total. The van der Waals surface area contributed by atoms with Crippen LogP contribution in [0.1, 0.15) is 12.6 Å². The first kappa shape index (κ1) is 9.68. The van der Waals surface area contributed by atoms with Gasteiger partial charge in [0.1, 0.15) is 0 Å². The normalized spacial score (nSPS) is 11.1. The average molecular weight is 255 g/mol. The number of aromatic nitrogens is 2. The molecule has 0 amide bonds. The second-order valence-corrected chi connectivity index (χ2v) is 4.00. The van der Waals surface area contributed by atoms with Crippen molar-refractivity contribution in [3.8, 4) is 0 Å². The van der Waals surface area contributed by atoms with Gasteiger partial charge in [0.25, 0.3) is 0 Å². The van der Waals surface area contributed by atoms with Gasteiger partial charge in [-0.15, -0.1) is 0 Å². The average Bonchev–Trinajstić information content (AvgIpc) is 2.54. The first-order chi connectivity index (χ1) is 6.76. The number of hydrogen-bond acceptors (Lipinski definition) is 2. The highest BCUT2D eigenvalue weighted by atomic mass is 79.9. The Bertz CT molecular complexity index is 464. The molecule has 1 aromatic carbocycles. The monoisotopic (exact) mass is 254 g/mol. The largest absolute Gasteiger partial charge is 0.390 e. The van der Waals surface area contributed by atoms with Crippen LogP contribution in [0.25, 0.3) is 10.9 Å². The van der Waals surface area contributed by atoms with Crippen LogP contribution in [0.5, 0.6) is 0 Å². The number of hydrogen-bond donors (Lipinski definition) is 1. The smallest absolute Gasteiger partial charge is 0.0938 e. The van der Waals surface area contributed by atoms with E-state index in [0.29, 0.717) is 0 Å². The van der Waals surface area contributed by atoms with Gasteiger partial charge in [0.15, 0.2) is 0 Å². The van der Waals surface area contributed by atoms with Gasteiger partial charge in [0.05, 0.1) is 17.8 Å². The maximum Gasteiger partial charge on any atom is 0.0938 e. The molecule has 2 aromatic rings. The highest BCUT2D eigenvalue weighted by molar-refractivity contribution is 9.10. The van der Waals surface area contributed by atoms with Crippen molar-refractivity contribution in [1.29, 1.82) is 0 Å². The number of aryl methyl sites for hydroxylation is 1. The van der Waals surface area contributed by atoms with Crippen molar-refractivity contribution < 1.29 is 5.11 Å². The Morgan fingerprint density at radius 1 is 1.50 bits per heavy atom. The lowest BCUT2D eigenvalue weighted by Gasteiger charge is -1.99. The van der Waals surface area contributed by atoms with E-state index in [2.05, 4.69) is 21.0 Å². The summed E-state index contributed by atoms with van der Waals surface area (Å²) in [7, 11) is 0. The van der Waals surface area contributed by atoms with Crippen LogP contribution in [0.4, 0.5) is 0 Å². The fraction of sp³-hybridized carbons (Fsp3) is 0.300. The fourth-order valence-electron chi connectivity index (χ4n) is 1.59. The third kappa shape index (κ3) is 1.44. The first-order valence-electron chi connectivity index (χ1n) is 4.52. The van der Waals surface area contributed by atoms with Gasteiger partial charge >= 0.3 is 0 Å². The molecule has 0 saturated carbocycles. The Hall–Kier alpha value is -0.870. The molecule has 0 aliphatic heterocycles. The molecule has 14 heavy (non-hydrogen) atoms. The van der Waals surface area contributed by atoms with Crippen molar-refractivity contribution in [2.45, 2.75) is 20.1 Å². The zero-order valence-electron chi connectivity index (χ0n) is 7.87. The van der Waals surface area contributed by atoms with E-state index in [1.807, 2.05) is 29.8 Å². The molecule has 0 fully saturated rings. The van der Waals surface area contributed by atoms with Crippen LogP contribution in [-0.2, 0) is 13.2 Å². The van der Waals surface area contributed by atoms with Crippen molar-refractivity contribution in [3.05, 3.63) is 28.4 Å². The van der Waals surface area contributed by atoms with E-state index >= 15 is 0 Å². The fourth-order valence-corrected chi connectivity index (χ4v) is 1.94. The summed E-state index contributed by atoms with van der Waals surface area (Å²) in [4.78, 5) is 0. The Morgan fingerprint density at radius 2 is 2.29 bits per heavy atom. The van der Waals surface area contributed by atoms with E-state index < -0.39 is 0 Å². The SMILES string of the molecule is CCn1nc2cc(Br)ccc2c1CO. The van der Waals surface area contributed by atoms with Crippen molar-refractivity contribution in [1.82, 2.24) is 9.78 Å². The van der Waals surface area contributed by atoms with Gasteiger partial charge in [-0.25, -0.2) is 0 Å². The lowest BCUT2D eigenvalue weighted by molar-refractivity contribution is 0.270. The molecule has 0 radical (unpaired) electrons. The van der Waals surface area contributed by atoms with Gasteiger partial charge in [0.2, 0.25) is 0 Å². The number of aliphatic hydroxyl groups is 1. The minimum atomic E-state index is 0.0337. The Kier molecular flexibility index (Phi) is 2.56. The van der Waals surface area contributed by atoms with Gasteiger partial charge < -0.3 is 5.11 Å². The first-order valence-corrected chi connectivity index (χ1v) is 5.31. The maximum absolute atomic E-state index is 9.23. The van der Waals surface area contributed by atoms with Crippen LogP contribution in [0.3, 0.4) is 0 Å². The topological polar surface area (TPSA) is 38.0 Å². The molecule has 0 aliphatic carbocycles. The number of aliphatic hydroxyl groups excluding tert-OH is 1. The molecule has 0 bridgehead atoms. The molecule has 0 unspecified atom stereocenters. The predicted octanol–water partition coefficient (Wildman–Crippen LogP) is 2.31. The van der Waals surface area contributed by atoms with Crippen molar-refractivity contribution in [2.75, 3.05) is 0 Å². The summed E-state index contributed by atoms with van der Waals surface area (Å²) in [5.41, 5.74) is 1.81. The second kappa shape index (κ2) is 3.71. The van der Waals surface area contributed by atoms with E-state index in [1.54, 1.807) is 0 Å². The van der Waals surface area contributed by atoms with Gasteiger partial charge in [-0.1, -0.05) is 15.9 Å². The Labute approximate surface area is 90.5 Å². The van der Waals surface area contributed by atoms with Crippen molar-refractivity contribution >= 4 is 26.8 Å². The van der Waals surface area contributed by atoms with Crippen LogP contribution in [0.15, 0.2) is 22.7 Å². The molecule has 0 spiro atoms. The number of fused-ring (bicyclic) bond motifs is 1. The van der Waals surface area contributed by atoms with Crippen molar-refractivity contribution in [2.24, 2.45) is 0 Å². The number of nitrogens with zero attached hydrogens (tertiary/aromatic N) is 2. The van der Waals surface area contributed by atoms with E-state index in [-0.39, 0.29) is 6.61 Å². The van der Waals surface area contributed by atoms with Gasteiger partial charge in [0, 0.05) is 16.4 Å². The summed E-state index contributed by atoms with van der Waals surface area (Å²) < 4.78 is 2.84. The molecule has 1 aromatic heterocycles. The summed E-state index contributed by atoms with van der Waals surface area (Å²) >= 11 is 3.40. The van der Waals surface area contributed by atoms with Gasteiger partial charge in [-0.05, 0) is 25.1 Å². The standard InChI is InChI=1S/C10H11BrN2O/c1-2-13-10(6-14)8-4-3-7(11)5-9(8)12-13/h3-5,14H,2,6H2,1H3. The third-order valence-corrected chi connectivity index (χ3v) is 2.75. The molecule has 4 heteroatoms. The lowest BCUT2D eigenvalue weighted by Crippen LogP contribution is -2.01. The maximum atomic E-state index is 9.23. The minimum Gasteiger partial charge on any atom is -0.390 e. The zero-order chi connectivity index (χ0) is 10.1. The quantitative estimate of drug-likeness (QED) is 0.894. The summed E-state index contributed by atoms with van der Waals surface area (Å²) in [6.45, 7) is 2.83. The molecule has 2 rings (SSSR count). The van der Waals surface area contributed by atoms with Crippen LogP contribution in [-0.4, -0.2) is 14.9 Å². The Balaban J connectivity index is 2.73. The number of halogens is 1. The number of rotatable bonds is 2. The van der Waals surface area contributed by atoms with Crippen LogP contribution in [0.2, 0.25) is 0 Å². The van der Waals surface area contributed by atoms with E-state index in [4.69, 9.17) is 0 Å². The van der Waals surface area contributed by atoms with Crippen LogP contribution >= 0.6 is 15.9 Å². The predicted molar refractivity (Wildman–Crippen MR) is 59.0 cm³/mol. The third-order valence-electron chi connectivity index (χ3n) is 2.26. The van der Waals surface area contributed by atoms with E-state index in [1.165, 1.54) is 0 Å². The van der Waals surface area contributed by atoms with E-state index in [9.17, 15) is 5.11 Å². The molecule has 1 heterocycles. The minimum absolute atomic E-state index is 0.0337. The van der Waals surface area contributed by atoms with E-state index in [0.717, 1.165) is 27.6 Å². The number of benzene rings is 1. The second-order valence-electron chi connectivity index (χ2n) is 3.08. The molecule has 0 saturated heterocycles. The Morgan fingerprint density at radius 3 is 2.93 bits per heavy atom. The molecular weight excluding hydrogens is 244 g/mol. The summed E-state index contributed by atoms with van der Waals surface area (Å²) in [6, 6.07) is 5.90. The summed E-state index contributed by atoms with van der Waals surface area (Å²) in [5.74, 6) is 0. The van der Waals surface area contributed by atoms with Gasteiger partial charge in [-0.2, -0.15) is 5.10 Å². The zero-order valence-corrected chi connectivity index (χ0v) is 9.45. The van der Waals surface area contributed by atoms with Gasteiger partial charge in [-0.3, -0.25) is 4.68 Å².